The molecule has 672 valence electrons. The predicted molar refractivity (Wildman–Crippen MR) is 601 cm³/mol. The van der Waals surface area contributed by atoms with Crippen molar-refractivity contribution >= 4 is 163 Å². The molecule has 0 aliphatic carbocycles. The van der Waals surface area contributed by atoms with E-state index in [0.717, 1.165) is 116 Å². The number of hydrogen-bond acceptors (Lipinski definition) is 4. The summed E-state index contributed by atoms with van der Waals surface area (Å²) in [6.45, 7) is 15.3. The molecule has 0 N–H and O–H groups in total. The average Bonchev–Trinajstić information content (AvgIpc) is 1.18. The first kappa shape index (κ1) is 89.8. The Morgan fingerprint density at radius 3 is 0.812 bits per heavy atom. The number of benzene rings is 21. The maximum atomic E-state index is 9.91. The molecule has 3 heterocycles. The van der Waals surface area contributed by atoms with Crippen molar-refractivity contribution in [2.75, 3.05) is 0 Å². The summed E-state index contributed by atoms with van der Waals surface area (Å²) < 4.78 is 6.78. The predicted octanol–water partition coefficient (Wildman–Crippen LogP) is 24.1. The van der Waals surface area contributed by atoms with Gasteiger partial charge in [-0.05, 0) is 223 Å². The molecular weight excluding hydrogens is 1800 g/mol. The first-order valence-corrected chi connectivity index (χ1v) is 53.9. The third-order valence-corrected chi connectivity index (χ3v) is 42.5. The van der Waals surface area contributed by atoms with Crippen LogP contribution >= 0.6 is 0 Å². The van der Waals surface area contributed by atoms with Crippen molar-refractivity contribution in [1.29, 1.82) is 21.0 Å². The summed E-state index contributed by atoms with van der Waals surface area (Å²) in [5.41, 5.74) is 20.2. The first-order chi connectivity index (χ1) is 71.1. The molecule has 0 aliphatic heterocycles. The molecule has 0 saturated heterocycles. The zero-order chi connectivity index (χ0) is 97.5. The highest BCUT2D eigenvalue weighted by molar-refractivity contribution is 7.21. The van der Waals surface area contributed by atoms with E-state index in [1.165, 1.54) is 62.2 Å². The van der Waals surface area contributed by atoms with E-state index in [1.807, 2.05) is 109 Å². The van der Waals surface area contributed by atoms with Crippen LogP contribution < -0.4 is 62.2 Å². The summed E-state index contributed by atoms with van der Waals surface area (Å²) in [5, 5.41) is 60.3. The number of rotatable bonds is 18. The number of aromatic nitrogens is 3. The third kappa shape index (κ3) is 16.2. The molecule has 9 nitrogen and oxygen atoms in total. The van der Waals surface area contributed by atoms with Crippen LogP contribution in [0.1, 0.15) is 22.3 Å². The fourth-order valence-electron chi connectivity index (χ4n) is 21.7. The molecule has 0 radical (unpaired) electrons. The first-order valence-electron chi connectivity index (χ1n) is 47.9. The van der Waals surface area contributed by atoms with E-state index in [0.29, 0.717) is 33.6 Å². The lowest BCUT2D eigenvalue weighted by molar-refractivity contribution is 1.18. The van der Waals surface area contributed by atoms with E-state index < -0.39 is 24.2 Å². The second-order valence-corrected chi connectivity index (χ2v) is 47.4. The van der Waals surface area contributed by atoms with Crippen LogP contribution in [0.4, 0.5) is 11.4 Å². The summed E-state index contributed by atoms with van der Waals surface area (Å²) in [5.74, 6) is 0. The smallest absolute Gasteiger partial charge is 0.188 e. The summed E-state index contributed by atoms with van der Waals surface area (Å²) in [6, 6.07) is 195. The van der Waals surface area contributed by atoms with E-state index in [9.17, 15) is 21.0 Å². The molecule has 0 unspecified atom stereocenters. The van der Waals surface area contributed by atoms with Crippen LogP contribution in [-0.2, 0) is 0 Å². The molecule has 0 saturated carbocycles. The fourth-order valence-corrected chi connectivity index (χ4v) is 36.0. The monoisotopic (exact) mass is 1880 g/mol. The molecule has 21 aromatic carbocycles. The molecule has 0 amide bonds. The normalized spacial score (nSPS) is 11.3. The molecule has 0 atom stereocenters. The minimum Gasteiger partial charge on any atom is -0.309 e. The molecule has 144 heavy (non-hydrogen) atoms. The Hall–Kier alpha value is -19.4. The van der Waals surface area contributed by atoms with Gasteiger partial charge in [0, 0.05) is 44.0 Å². The molecular formula is C132H87N9Si3. The quantitative estimate of drug-likeness (QED) is 0.0483. The molecule has 12 heteroatoms. The molecule has 3 aromatic heterocycles. The van der Waals surface area contributed by atoms with Crippen molar-refractivity contribution in [2.24, 2.45) is 0 Å². The Labute approximate surface area is 839 Å². The Morgan fingerprint density at radius 1 is 0.167 bits per heavy atom. The van der Waals surface area contributed by atoms with Crippen molar-refractivity contribution < 1.29 is 0 Å². The lowest BCUT2D eigenvalue weighted by Crippen LogP contribution is -2.74. The highest BCUT2D eigenvalue weighted by Crippen LogP contribution is 2.40. The van der Waals surface area contributed by atoms with Crippen LogP contribution in [0, 0.1) is 58.5 Å². The second kappa shape index (κ2) is 39.2. The summed E-state index contributed by atoms with van der Waals surface area (Å²) in [4.78, 5) is 7.47. The number of nitrogens with zero attached hydrogens (tertiary/aromatic N) is 9. The zero-order valence-electron chi connectivity index (χ0n) is 78.3. The van der Waals surface area contributed by atoms with Gasteiger partial charge in [0.2, 0.25) is 0 Å². The lowest BCUT2D eigenvalue weighted by atomic mass is 10.1. The third-order valence-electron chi connectivity index (χ3n) is 28.2. The van der Waals surface area contributed by atoms with Crippen LogP contribution in [0.25, 0.3) is 126 Å². The van der Waals surface area contributed by atoms with Gasteiger partial charge in [-0.3, -0.25) is 0 Å². The highest BCUT2D eigenvalue weighted by Gasteiger charge is 2.45. The van der Waals surface area contributed by atoms with Gasteiger partial charge in [-0.25, -0.2) is 9.69 Å². The Kier molecular flexibility index (Phi) is 24.5. The van der Waals surface area contributed by atoms with E-state index >= 15 is 0 Å². The number of nitriles is 4. The van der Waals surface area contributed by atoms with Gasteiger partial charge in [0.15, 0.2) is 35.6 Å². The van der Waals surface area contributed by atoms with Gasteiger partial charge in [-0.15, -0.1) is 0 Å². The minimum atomic E-state index is -2.81. The summed E-state index contributed by atoms with van der Waals surface area (Å²) in [6.07, 6.45) is 0. The van der Waals surface area contributed by atoms with Crippen LogP contribution in [0.15, 0.2) is 528 Å². The molecule has 24 rings (SSSR count). The largest absolute Gasteiger partial charge is 0.309 e. The van der Waals surface area contributed by atoms with Crippen LogP contribution in [-0.4, -0.2) is 37.9 Å². The van der Waals surface area contributed by atoms with Crippen molar-refractivity contribution in [2.45, 2.75) is 0 Å². The molecule has 0 spiro atoms. The van der Waals surface area contributed by atoms with Crippen LogP contribution in [0.5, 0.6) is 0 Å². The van der Waals surface area contributed by atoms with Gasteiger partial charge < -0.3 is 13.7 Å². The Bertz CT molecular complexity index is 8990. The molecule has 0 fully saturated rings. The van der Waals surface area contributed by atoms with E-state index in [1.54, 1.807) is 0 Å². The van der Waals surface area contributed by atoms with Crippen molar-refractivity contribution in [3.8, 4) is 74.7 Å². The van der Waals surface area contributed by atoms with E-state index in [-0.39, 0.29) is 0 Å². The Balaban J connectivity index is 0.000000123. The van der Waals surface area contributed by atoms with Gasteiger partial charge in [-0.2, -0.15) is 21.0 Å². The maximum absolute atomic E-state index is 9.91. The maximum Gasteiger partial charge on any atom is 0.188 e. The molecule has 0 aliphatic rings. The summed E-state index contributed by atoms with van der Waals surface area (Å²) >= 11 is 0. The Morgan fingerprint density at radius 2 is 0.424 bits per heavy atom. The van der Waals surface area contributed by atoms with Gasteiger partial charge in [0.05, 0.1) is 92.8 Å². The zero-order valence-corrected chi connectivity index (χ0v) is 81.3. The van der Waals surface area contributed by atoms with E-state index in [2.05, 4.69) is 466 Å². The number of hydrogen-bond donors (Lipinski definition) is 0. The average molecular weight is 1880 g/mol. The number of para-hydroxylation sites is 2. The molecule has 0 bridgehead atoms. The van der Waals surface area contributed by atoms with Gasteiger partial charge in [-0.1, -0.05) is 406 Å². The van der Waals surface area contributed by atoms with Gasteiger partial charge >= 0.3 is 0 Å². The van der Waals surface area contributed by atoms with Crippen molar-refractivity contribution in [1.82, 2.24) is 13.7 Å². The summed E-state index contributed by atoms with van der Waals surface area (Å²) in [7, 11) is -8.16. The molecule has 24 aromatic rings. The van der Waals surface area contributed by atoms with Gasteiger partial charge in [0.25, 0.3) is 0 Å². The van der Waals surface area contributed by atoms with Crippen molar-refractivity contribution in [3.05, 3.63) is 573 Å². The second-order valence-electron chi connectivity index (χ2n) is 35.9. The number of fused-ring (bicyclic) bond motifs is 9. The van der Waals surface area contributed by atoms with Crippen LogP contribution in [0.3, 0.4) is 0 Å². The van der Waals surface area contributed by atoms with Crippen LogP contribution in [0.2, 0.25) is 0 Å². The lowest BCUT2D eigenvalue weighted by Gasteiger charge is -2.34. The fraction of sp³-hybridized carbons (Fsp3) is 0. The van der Waals surface area contributed by atoms with Crippen molar-refractivity contribution in [3.63, 3.8) is 0 Å². The topological polar surface area (TPSA) is 119 Å². The minimum absolute atomic E-state index is 0.582. The standard InChI is InChI=1S/3C44H29N3Si/c1-46-35-23-27-44-42(30-35)41-28-32(31-45)20-26-43(41)47(44)36-13-11-12-34(29-36)33-21-24-40(25-22-33)48(37-14-5-2-6-15-37,38-16-7-3-8-17-38)39-18-9-4-10-19-39;1-46-35-11-10-16-40(30-35)48(37-12-4-2-5-13-37,38-14-6-3-7-15-38)39-26-22-34(23-27-39)33-20-24-36(25-21-33)47-43-18-9-8-17-41(43)42-29-32(31-45)19-28-44(42)47;45-30-32-11-9-17-39(27-32)48(37-13-3-1-4-14-37,38-15-5-2-6-16-38)40-18-10-12-35(29-40)34-22-24-36(25-23-34)47-43-20-8-7-19-41(43)42-28-33(31-46)21-26-44(42)47/h2*2-30H;1-29H. The highest BCUT2D eigenvalue weighted by atomic mass is 28.3. The van der Waals surface area contributed by atoms with E-state index in [4.69, 9.17) is 13.1 Å². The van der Waals surface area contributed by atoms with Gasteiger partial charge in [0.1, 0.15) is 0 Å². The SMILES string of the molecule is N#Cc1cccc([Si](c2ccccc2)(c2ccccc2)c2cccc(-c3ccc(-n4c5ccccc5c5cc(C#N)ccc54)cc3)c2)c1.[C-]#[N+]c1ccc2c(c1)c1cc(C#N)ccc1n2-c1cccc(-c2ccc([Si](c3ccccc3)(c3ccccc3)c3ccccc3)cc2)c1.[C-]#[N+]c1cccc([Si](c2ccccc2)(c2ccccc2)c2ccc(-c3ccc(-n4c5ccccc5c5cc(C#N)ccc54)cc3)cc2)c1.